The van der Waals surface area contributed by atoms with Crippen LogP contribution < -0.4 is 4.90 Å². The number of aromatic nitrogens is 4. The number of hydrogen-bond donors (Lipinski definition) is 0. The summed E-state index contributed by atoms with van der Waals surface area (Å²) in [4.78, 5) is 31.4. The molecule has 0 aliphatic carbocycles. The van der Waals surface area contributed by atoms with Crippen molar-refractivity contribution in [1.82, 2.24) is 19.9 Å². The SMILES string of the molecule is Cc1ncc(-c2ccc3c(c2)N(c2ccncn2)C(=O)C3(C)C)cn1. The second kappa shape index (κ2) is 5.44. The predicted octanol–water partition coefficient (Wildman–Crippen LogP) is 3.20. The smallest absolute Gasteiger partial charge is 0.242 e. The zero-order valence-corrected chi connectivity index (χ0v) is 14.3. The summed E-state index contributed by atoms with van der Waals surface area (Å²) in [6.07, 6.45) is 6.67. The number of hydrogen-bond acceptors (Lipinski definition) is 5. The molecule has 1 aromatic carbocycles. The first-order valence-corrected chi connectivity index (χ1v) is 8.02. The molecule has 6 heteroatoms. The minimum Gasteiger partial charge on any atom is -0.273 e. The van der Waals surface area contributed by atoms with Crippen molar-refractivity contribution in [2.24, 2.45) is 0 Å². The zero-order valence-electron chi connectivity index (χ0n) is 14.3. The largest absolute Gasteiger partial charge is 0.273 e. The third-order valence-corrected chi connectivity index (χ3v) is 4.56. The number of aryl methyl sites for hydroxylation is 1. The Kier molecular flexibility index (Phi) is 3.35. The van der Waals surface area contributed by atoms with Gasteiger partial charge in [0.2, 0.25) is 5.91 Å². The van der Waals surface area contributed by atoms with E-state index in [-0.39, 0.29) is 5.91 Å². The maximum atomic E-state index is 13.0. The Labute approximate surface area is 145 Å². The molecule has 0 unspecified atom stereocenters. The lowest BCUT2D eigenvalue weighted by atomic mass is 9.85. The number of rotatable bonds is 2. The van der Waals surface area contributed by atoms with Crippen LogP contribution in [0.2, 0.25) is 0 Å². The van der Waals surface area contributed by atoms with Gasteiger partial charge in [0.15, 0.2) is 0 Å². The fraction of sp³-hybridized carbons (Fsp3) is 0.211. The molecule has 3 aromatic rings. The minimum atomic E-state index is -0.609. The molecular weight excluding hydrogens is 314 g/mol. The van der Waals surface area contributed by atoms with Crippen LogP contribution in [0.1, 0.15) is 25.2 Å². The molecule has 3 heterocycles. The second-order valence-corrected chi connectivity index (χ2v) is 6.58. The third-order valence-electron chi connectivity index (χ3n) is 4.56. The van der Waals surface area contributed by atoms with Gasteiger partial charge in [-0.3, -0.25) is 9.69 Å². The fourth-order valence-corrected chi connectivity index (χ4v) is 3.11. The summed E-state index contributed by atoms with van der Waals surface area (Å²) in [6, 6.07) is 7.75. The molecule has 0 fully saturated rings. The van der Waals surface area contributed by atoms with Gasteiger partial charge in [0.25, 0.3) is 0 Å². The summed E-state index contributed by atoms with van der Waals surface area (Å²) in [5.41, 5.74) is 3.08. The van der Waals surface area contributed by atoms with E-state index in [2.05, 4.69) is 19.9 Å². The van der Waals surface area contributed by atoms with Crippen molar-refractivity contribution in [3.05, 3.63) is 60.6 Å². The summed E-state index contributed by atoms with van der Waals surface area (Å²) in [6.45, 7) is 5.72. The lowest BCUT2D eigenvalue weighted by Crippen LogP contribution is -2.33. The molecule has 2 aromatic heterocycles. The van der Waals surface area contributed by atoms with Crippen molar-refractivity contribution in [2.75, 3.05) is 4.90 Å². The highest BCUT2D eigenvalue weighted by Crippen LogP contribution is 2.46. The van der Waals surface area contributed by atoms with Crippen LogP contribution in [0.15, 0.2) is 49.2 Å². The van der Waals surface area contributed by atoms with Crippen molar-refractivity contribution in [3.8, 4) is 11.1 Å². The summed E-state index contributed by atoms with van der Waals surface area (Å²) >= 11 is 0. The van der Waals surface area contributed by atoms with Gasteiger partial charge < -0.3 is 0 Å². The van der Waals surface area contributed by atoms with E-state index >= 15 is 0 Å². The molecule has 4 rings (SSSR count). The molecule has 1 aliphatic heterocycles. The topological polar surface area (TPSA) is 71.9 Å². The number of carbonyl (C=O) groups is 1. The van der Waals surface area contributed by atoms with Crippen molar-refractivity contribution >= 4 is 17.4 Å². The summed E-state index contributed by atoms with van der Waals surface area (Å²) < 4.78 is 0. The molecule has 1 amide bonds. The lowest BCUT2D eigenvalue weighted by molar-refractivity contribution is -0.121. The monoisotopic (exact) mass is 331 g/mol. The maximum Gasteiger partial charge on any atom is 0.242 e. The van der Waals surface area contributed by atoms with Crippen LogP contribution >= 0.6 is 0 Å². The fourth-order valence-electron chi connectivity index (χ4n) is 3.11. The Hall–Kier alpha value is -3.15. The molecular formula is C19H17N5O. The molecule has 124 valence electrons. The van der Waals surface area contributed by atoms with E-state index in [0.717, 1.165) is 28.2 Å². The van der Waals surface area contributed by atoms with Gasteiger partial charge in [-0.25, -0.2) is 19.9 Å². The van der Waals surface area contributed by atoms with E-state index < -0.39 is 5.41 Å². The molecule has 0 saturated heterocycles. The molecule has 6 nitrogen and oxygen atoms in total. The molecule has 0 N–H and O–H groups in total. The lowest BCUT2D eigenvalue weighted by Gasteiger charge is -2.19. The van der Waals surface area contributed by atoms with Gasteiger partial charge in [0.1, 0.15) is 18.0 Å². The van der Waals surface area contributed by atoms with E-state index in [0.29, 0.717) is 5.82 Å². The average molecular weight is 331 g/mol. The highest BCUT2D eigenvalue weighted by atomic mass is 16.2. The van der Waals surface area contributed by atoms with Crippen molar-refractivity contribution in [2.45, 2.75) is 26.2 Å². The van der Waals surface area contributed by atoms with E-state index in [4.69, 9.17) is 0 Å². The first-order chi connectivity index (χ1) is 12.0. The van der Waals surface area contributed by atoms with Gasteiger partial charge in [0.05, 0.1) is 11.1 Å². The van der Waals surface area contributed by atoms with Gasteiger partial charge in [-0.05, 0) is 44.0 Å². The molecule has 25 heavy (non-hydrogen) atoms. The number of carbonyl (C=O) groups excluding carboxylic acids is 1. The van der Waals surface area contributed by atoms with Crippen LogP contribution in [0.5, 0.6) is 0 Å². The summed E-state index contributed by atoms with van der Waals surface area (Å²) in [5, 5.41) is 0. The number of amides is 1. The Morgan fingerprint density at radius 3 is 2.44 bits per heavy atom. The molecule has 1 aliphatic rings. The zero-order chi connectivity index (χ0) is 17.6. The summed E-state index contributed by atoms with van der Waals surface area (Å²) in [5.74, 6) is 1.30. The molecule has 0 saturated carbocycles. The van der Waals surface area contributed by atoms with E-state index in [1.165, 1.54) is 6.33 Å². The Morgan fingerprint density at radius 2 is 1.76 bits per heavy atom. The van der Waals surface area contributed by atoms with E-state index in [1.54, 1.807) is 29.6 Å². The third kappa shape index (κ3) is 2.38. The number of anilines is 2. The van der Waals surface area contributed by atoms with E-state index in [1.807, 2.05) is 39.0 Å². The Balaban J connectivity index is 1.88. The van der Waals surface area contributed by atoms with Crippen LogP contribution in [-0.2, 0) is 10.2 Å². The normalized spacial score (nSPS) is 15.3. The number of nitrogens with zero attached hydrogens (tertiary/aromatic N) is 5. The van der Waals surface area contributed by atoms with Gasteiger partial charge in [-0.1, -0.05) is 12.1 Å². The van der Waals surface area contributed by atoms with E-state index in [9.17, 15) is 4.79 Å². The van der Waals surface area contributed by atoms with Crippen molar-refractivity contribution in [3.63, 3.8) is 0 Å². The van der Waals surface area contributed by atoms with Crippen molar-refractivity contribution < 1.29 is 4.79 Å². The van der Waals surface area contributed by atoms with Gasteiger partial charge in [-0.2, -0.15) is 0 Å². The molecule has 0 spiro atoms. The summed E-state index contributed by atoms with van der Waals surface area (Å²) in [7, 11) is 0. The predicted molar refractivity (Wildman–Crippen MR) is 94.4 cm³/mol. The highest BCUT2D eigenvalue weighted by Gasteiger charge is 2.45. The first kappa shape index (κ1) is 15.4. The maximum absolute atomic E-state index is 13.0. The van der Waals surface area contributed by atoms with Gasteiger partial charge in [0, 0.05) is 24.2 Å². The van der Waals surface area contributed by atoms with Crippen LogP contribution in [-0.4, -0.2) is 25.8 Å². The second-order valence-electron chi connectivity index (χ2n) is 6.58. The average Bonchev–Trinajstić information content (AvgIpc) is 2.82. The molecule has 0 atom stereocenters. The minimum absolute atomic E-state index is 0.00138. The Morgan fingerprint density at radius 1 is 1.00 bits per heavy atom. The van der Waals surface area contributed by atoms with Crippen molar-refractivity contribution in [1.29, 1.82) is 0 Å². The standard InChI is InChI=1S/C19H17N5O/c1-12-21-9-14(10-22-12)13-4-5-15-16(8-13)24(18(25)19(15,2)3)17-6-7-20-11-23-17/h4-11H,1-3H3. The Bertz CT molecular complexity index is 951. The van der Waals surface area contributed by atoms with Crippen LogP contribution in [0.25, 0.3) is 11.1 Å². The quantitative estimate of drug-likeness (QED) is 0.721. The van der Waals surface area contributed by atoms with Gasteiger partial charge >= 0.3 is 0 Å². The number of fused-ring (bicyclic) bond motifs is 1. The van der Waals surface area contributed by atoms with Crippen LogP contribution in [0.3, 0.4) is 0 Å². The molecule has 0 bridgehead atoms. The van der Waals surface area contributed by atoms with Gasteiger partial charge in [-0.15, -0.1) is 0 Å². The highest BCUT2D eigenvalue weighted by molar-refractivity contribution is 6.12. The number of benzene rings is 1. The van der Waals surface area contributed by atoms with Crippen LogP contribution in [0, 0.1) is 6.92 Å². The first-order valence-electron chi connectivity index (χ1n) is 8.02. The van der Waals surface area contributed by atoms with Crippen LogP contribution in [0.4, 0.5) is 11.5 Å². The molecule has 0 radical (unpaired) electrons.